The number of thiazole rings is 1. The normalized spacial score (nSPS) is 13.6. The van der Waals surface area contributed by atoms with Crippen molar-refractivity contribution in [1.82, 2.24) is 10.3 Å². The Bertz CT molecular complexity index is 435. The molecule has 1 aromatic heterocycles. The number of hydrogen-bond donors (Lipinski definition) is 1. The van der Waals surface area contributed by atoms with Crippen molar-refractivity contribution in [2.24, 2.45) is 5.92 Å². The summed E-state index contributed by atoms with van der Waals surface area (Å²) in [4.78, 5) is 17.3. The van der Waals surface area contributed by atoms with E-state index in [1.54, 1.807) is 11.3 Å². The molecule has 0 aliphatic rings. The third kappa shape index (κ3) is 5.21. The summed E-state index contributed by atoms with van der Waals surface area (Å²) in [5.41, 5.74) is 0.0720. The SMILES string of the molecule is COC(=O)C(CC(C)C)NCc1cnc(C(C)(C)C)s1. The second-order valence-corrected chi connectivity index (χ2v) is 7.58. The van der Waals surface area contributed by atoms with Crippen LogP contribution in [0.3, 0.4) is 0 Å². The van der Waals surface area contributed by atoms with Crippen molar-refractivity contribution in [2.45, 2.75) is 59.0 Å². The molecule has 0 radical (unpaired) electrons. The van der Waals surface area contributed by atoms with Crippen molar-refractivity contribution in [1.29, 1.82) is 0 Å². The molecule has 0 aliphatic heterocycles. The largest absolute Gasteiger partial charge is 0.468 e. The lowest BCUT2D eigenvalue weighted by molar-refractivity contribution is -0.143. The summed E-state index contributed by atoms with van der Waals surface area (Å²) in [6.45, 7) is 11.3. The second kappa shape index (κ2) is 7.18. The third-order valence-electron chi connectivity index (χ3n) is 2.91. The zero-order valence-corrected chi connectivity index (χ0v) is 14.1. The third-order valence-corrected chi connectivity index (χ3v) is 4.33. The summed E-state index contributed by atoms with van der Waals surface area (Å²) in [5.74, 6) is 0.248. The molecule has 1 N–H and O–H groups in total. The molecule has 0 saturated heterocycles. The molecule has 0 amide bonds. The molecule has 0 bridgehead atoms. The Morgan fingerprint density at radius 2 is 2.10 bits per heavy atom. The fourth-order valence-electron chi connectivity index (χ4n) is 1.84. The second-order valence-electron chi connectivity index (χ2n) is 6.47. The lowest BCUT2D eigenvalue weighted by Crippen LogP contribution is -2.38. The highest BCUT2D eigenvalue weighted by Crippen LogP contribution is 2.26. The van der Waals surface area contributed by atoms with Gasteiger partial charge in [-0.2, -0.15) is 0 Å². The molecule has 0 aliphatic carbocycles. The van der Waals surface area contributed by atoms with Gasteiger partial charge in [0, 0.05) is 23.0 Å². The minimum absolute atomic E-state index is 0.0720. The Morgan fingerprint density at radius 1 is 1.45 bits per heavy atom. The number of hydrogen-bond acceptors (Lipinski definition) is 5. The first kappa shape index (κ1) is 17.1. The molecule has 5 heteroatoms. The first-order valence-corrected chi connectivity index (χ1v) is 7.82. The van der Waals surface area contributed by atoms with Gasteiger partial charge in [0.25, 0.3) is 0 Å². The molecule has 1 atom stereocenters. The molecule has 114 valence electrons. The van der Waals surface area contributed by atoms with Crippen LogP contribution in [-0.2, 0) is 21.5 Å². The van der Waals surface area contributed by atoms with E-state index in [4.69, 9.17) is 4.74 Å². The van der Waals surface area contributed by atoms with Crippen LogP contribution in [-0.4, -0.2) is 24.1 Å². The Labute approximate surface area is 125 Å². The molecule has 4 nitrogen and oxygen atoms in total. The highest BCUT2D eigenvalue weighted by Gasteiger charge is 2.21. The van der Waals surface area contributed by atoms with Crippen LogP contribution in [0.15, 0.2) is 6.20 Å². The van der Waals surface area contributed by atoms with E-state index >= 15 is 0 Å². The number of nitrogens with zero attached hydrogens (tertiary/aromatic N) is 1. The average molecular weight is 298 g/mol. The van der Waals surface area contributed by atoms with Crippen molar-refractivity contribution in [3.05, 3.63) is 16.1 Å². The van der Waals surface area contributed by atoms with Gasteiger partial charge in [0.05, 0.1) is 12.1 Å². The number of methoxy groups -OCH3 is 1. The monoisotopic (exact) mass is 298 g/mol. The molecular weight excluding hydrogens is 272 g/mol. The van der Waals surface area contributed by atoms with Crippen LogP contribution < -0.4 is 5.32 Å². The Morgan fingerprint density at radius 3 is 2.55 bits per heavy atom. The van der Waals surface area contributed by atoms with Crippen LogP contribution in [0.1, 0.15) is 50.9 Å². The highest BCUT2D eigenvalue weighted by atomic mass is 32.1. The van der Waals surface area contributed by atoms with Gasteiger partial charge < -0.3 is 4.74 Å². The van der Waals surface area contributed by atoms with Gasteiger partial charge in [-0.25, -0.2) is 4.98 Å². The fraction of sp³-hybridized carbons (Fsp3) is 0.733. The van der Waals surface area contributed by atoms with E-state index in [1.165, 1.54) is 7.11 Å². The number of carbonyl (C=O) groups excluding carboxylic acids is 1. The van der Waals surface area contributed by atoms with Gasteiger partial charge in [-0.15, -0.1) is 11.3 Å². The number of ether oxygens (including phenoxy) is 1. The molecule has 0 aromatic carbocycles. The van der Waals surface area contributed by atoms with Gasteiger partial charge in [-0.3, -0.25) is 10.1 Å². The summed E-state index contributed by atoms with van der Waals surface area (Å²) in [6.07, 6.45) is 2.67. The zero-order valence-electron chi connectivity index (χ0n) is 13.3. The molecule has 20 heavy (non-hydrogen) atoms. The van der Waals surface area contributed by atoms with E-state index in [9.17, 15) is 4.79 Å². The lowest BCUT2D eigenvalue weighted by Gasteiger charge is -2.17. The van der Waals surface area contributed by atoms with Crippen molar-refractivity contribution >= 4 is 17.3 Å². The lowest BCUT2D eigenvalue weighted by atomic mass is 9.98. The van der Waals surface area contributed by atoms with E-state index in [0.29, 0.717) is 12.5 Å². The van der Waals surface area contributed by atoms with Gasteiger partial charge in [-0.05, 0) is 12.3 Å². The van der Waals surface area contributed by atoms with Crippen LogP contribution in [0.4, 0.5) is 0 Å². The molecule has 0 saturated carbocycles. The number of nitrogens with one attached hydrogen (secondary N) is 1. The van der Waals surface area contributed by atoms with E-state index < -0.39 is 0 Å². The predicted octanol–water partition coefficient (Wildman–Crippen LogP) is 3.12. The van der Waals surface area contributed by atoms with E-state index in [2.05, 4.69) is 44.9 Å². The summed E-state index contributed by atoms with van der Waals surface area (Å²) in [6, 6.07) is -0.250. The molecule has 1 rings (SSSR count). The van der Waals surface area contributed by atoms with E-state index in [0.717, 1.165) is 16.3 Å². The first-order valence-electron chi connectivity index (χ1n) is 7.00. The van der Waals surface area contributed by atoms with Gasteiger partial charge in [0.1, 0.15) is 6.04 Å². The van der Waals surface area contributed by atoms with Gasteiger partial charge in [0.2, 0.25) is 0 Å². The molecule has 1 unspecified atom stereocenters. The van der Waals surface area contributed by atoms with E-state index in [1.807, 2.05) is 6.20 Å². The molecule has 0 spiro atoms. The summed E-state index contributed by atoms with van der Waals surface area (Å²) >= 11 is 1.69. The molecule has 1 heterocycles. The van der Waals surface area contributed by atoms with Gasteiger partial charge in [-0.1, -0.05) is 34.6 Å². The Balaban J connectivity index is 2.63. The van der Waals surface area contributed by atoms with Crippen molar-refractivity contribution in [3.8, 4) is 0 Å². The maximum atomic E-state index is 11.7. The maximum absolute atomic E-state index is 11.7. The van der Waals surface area contributed by atoms with Crippen LogP contribution in [0.2, 0.25) is 0 Å². The number of rotatable bonds is 6. The zero-order chi connectivity index (χ0) is 15.3. The first-order chi connectivity index (χ1) is 9.24. The quantitative estimate of drug-likeness (QED) is 0.820. The average Bonchev–Trinajstić information content (AvgIpc) is 2.81. The number of esters is 1. The summed E-state index contributed by atoms with van der Waals surface area (Å²) < 4.78 is 4.85. The van der Waals surface area contributed by atoms with Crippen LogP contribution in [0.5, 0.6) is 0 Å². The van der Waals surface area contributed by atoms with Crippen LogP contribution in [0.25, 0.3) is 0 Å². The van der Waals surface area contributed by atoms with Gasteiger partial charge >= 0.3 is 5.97 Å². The standard InChI is InChI=1S/C15H26N2O2S/c1-10(2)7-12(13(18)19-6)16-8-11-9-17-14(20-11)15(3,4)5/h9-10,12,16H,7-8H2,1-6H3. The fourth-order valence-corrected chi connectivity index (χ4v) is 2.76. The van der Waals surface area contributed by atoms with E-state index in [-0.39, 0.29) is 17.4 Å². The van der Waals surface area contributed by atoms with Crippen LogP contribution >= 0.6 is 11.3 Å². The minimum Gasteiger partial charge on any atom is -0.468 e. The molecule has 1 aromatic rings. The smallest absolute Gasteiger partial charge is 0.322 e. The number of carbonyl (C=O) groups is 1. The van der Waals surface area contributed by atoms with Crippen LogP contribution in [0, 0.1) is 5.92 Å². The topological polar surface area (TPSA) is 51.2 Å². The summed E-state index contributed by atoms with van der Waals surface area (Å²) in [7, 11) is 1.43. The number of aromatic nitrogens is 1. The predicted molar refractivity (Wildman–Crippen MR) is 82.9 cm³/mol. The van der Waals surface area contributed by atoms with Gasteiger partial charge in [0.15, 0.2) is 0 Å². The molecular formula is C15H26N2O2S. The van der Waals surface area contributed by atoms with Crippen molar-refractivity contribution < 1.29 is 9.53 Å². The Hall–Kier alpha value is -0.940. The summed E-state index contributed by atoms with van der Waals surface area (Å²) in [5, 5.41) is 4.40. The minimum atomic E-state index is -0.250. The van der Waals surface area contributed by atoms with Crippen molar-refractivity contribution in [2.75, 3.05) is 7.11 Å². The highest BCUT2D eigenvalue weighted by molar-refractivity contribution is 7.11. The maximum Gasteiger partial charge on any atom is 0.322 e. The Kier molecular flexibility index (Phi) is 6.14. The van der Waals surface area contributed by atoms with Crippen molar-refractivity contribution in [3.63, 3.8) is 0 Å². The molecule has 0 fully saturated rings.